The number of anilines is 1. The number of nitrogens with one attached hydrogen (secondary N) is 1. The Hall–Kier alpha value is -1.81. The number of nitrogens with zero attached hydrogens (tertiary/aromatic N) is 1. The van der Waals surface area contributed by atoms with Crippen LogP contribution in [0, 0.1) is 6.92 Å². The topological polar surface area (TPSA) is 32.3 Å². The molecule has 0 atom stereocenters. The Labute approximate surface area is 135 Å². The van der Waals surface area contributed by atoms with Crippen LogP contribution >= 0.6 is 11.3 Å². The van der Waals surface area contributed by atoms with Crippen molar-refractivity contribution in [3.8, 4) is 0 Å². The molecule has 1 amide bonds. The molecule has 0 fully saturated rings. The van der Waals surface area contributed by atoms with Crippen LogP contribution in [0.2, 0.25) is 0 Å². The minimum absolute atomic E-state index is 0.205. The van der Waals surface area contributed by atoms with Gasteiger partial charge in [-0.3, -0.25) is 4.79 Å². The van der Waals surface area contributed by atoms with E-state index in [0.717, 1.165) is 23.4 Å². The van der Waals surface area contributed by atoms with Gasteiger partial charge < -0.3 is 10.2 Å². The Morgan fingerprint density at radius 1 is 1.23 bits per heavy atom. The monoisotopic (exact) mass is 312 g/mol. The molecule has 22 heavy (non-hydrogen) atoms. The number of amides is 1. The lowest BCUT2D eigenvalue weighted by Gasteiger charge is -2.29. The van der Waals surface area contributed by atoms with Gasteiger partial charge in [0.05, 0.1) is 12.2 Å². The molecule has 114 valence electrons. The zero-order chi connectivity index (χ0) is 15.1. The van der Waals surface area contributed by atoms with Crippen molar-refractivity contribution in [3.05, 3.63) is 51.4 Å². The molecule has 0 spiro atoms. The van der Waals surface area contributed by atoms with Crippen LogP contribution in [0.1, 0.15) is 44.8 Å². The molecule has 1 aromatic heterocycles. The third kappa shape index (κ3) is 2.22. The number of aryl methyl sites for hydroxylation is 2. The lowest BCUT2D eigenvalue weighted by molar-refractivity contribution is 0.0746. The number of carbonyl (C=O) groups is 1. The summed E-state index contributed by atoms with van der Waals surface area (Å²) >= 11 is 1.79. The number of thiophene rings is 1. The molecule has 0 radical (unpaired) electrons. The molecular weight excluding hydrogens is 292 g/mol. The highest BCUT2D eigenvalue weighted by molar-refractivity contribution is 7.16. The van der Waals surface area contributed by atoms with Gasteiger partial charge in [-0.25, -0.2) is 0 Å². The van der Waals surface area contributed by atoms with Gasteiger partial charge in [0.15, 0.2) is 0 Å². The molecule has 1 N–H and O–H groups in total. The molecule has 0 unspecified atom stereocenters. The highest BCUT2D eigenvalue weighted by Gasteiger charge is 2.31. The summed E-state index contributed by atoms with van der Waals surface area (Å²) in [5.74, 6) is 0.205. The maximum absolute atomic E-state index is 13.0. The Morgan fingerprint density at radius 2 is 2.05 bits per heavy atom. The van der Waals surface area contributed by atoms with Crippen molar-refractivity contribution in [2.75, 3.05) is 12.0 Å². The molecule has 4 rings (SSSR count). The first-order valence-corrected chi connectivity index (χ1v) is 8.78. The lowest BCUT2D eigenvalue weighted by Crippen LogP contribution is -2.39. The van der Waals surface area contributed by atoms with E-state index in [2.05, 4.69) is 24.4 Å². The van der Waals surface area contributed by atoms with Gasteiger partial charge in [0.25, 0.3) is 5.91 Å². The van der Waals surface area contributed by atoms with E-state index in [0.29, 0.717) is 13.2 Å². The largest absolute Gasteiger partial charge is 0.359 e. The van der Waals surface area contributed by atoms with E-state index in [1.807, 2.05) is 17.0 Å². The summed E-state index contributed by atoms with van der Waals surface area (Å²) in [6.07, 6.45) is 4.67. The third-order valence-electron chi connectivity index (χ3n) is 4.73. The van der Waals surface area contributed by atoms with Crippen LogP contribution in [0.5, 0.6) is 0 Å². The smallest absolute Gasteiger partial charge is 0.258 e. The predicted octanol–water partition coefficient (Wildman–Crippen LogP) is 3.96. The molecular formula is C18H20N2OS. The summed E-state index contributed by atoms with van der Waals surface area (Å²) in [6.45, 7) is 3.40. The van der Waals surface area contributed by atoms with E-state index in [1.165, 1.54) is 34.4 Å². The Kier molecular flexibility index (Phi) is 3.41. The minimum atomic E-state index is 0.205. The van der Waals surface area contributed by atoms with Gasteiger partial charge >= 0.3 is 0 Å². The first-order chi connectivity index (χ1) is 10.7. The molecule has 2 heterocycles. The number of benzene rings is 1. The van der Waals surface area contributed by atoms with Crippen LogP contribution in [0.3, 0.4) is 0 Å². The lowest BCUT2D eigenvalue weighted by atomic mass is 9.94. The van der Waals surface area contributed by atoms with E-state index >= 15 is 0 Å². The summed E-state index contributed by atoms with van der Waals surface area (Å²) in [7, 11) is 0. The average molecular weight is 312 g/mol. The summed E-state index contributed by atoms with van der Waals surface area (Å²) < 4.78 is 0. The zero-order valence-corrected chi connectivity index (χ0v) is 13.6. The fourth-order valence-corrected chi connectivity index (χ4v) is 4.70. The molecule has 3 nitrogen and oxygen atoms in total. The van der Waals surface area contributed by atoms with Crippen molar-refractivity contribution in [3.63, 3.8) is 0 Å². The minimum Gasteiger partial charge on any atom is -0.359 e. The van der Waals surface area contributed by atoms with E-state index in [1.54, 1.807) is 11.3 Å². The molecule has 1 aromatic carbocycles. The predicted molar refractivity (Wildman–Crippen MR) is 90.5 cm³/mol. The molecule has 0 bridgehead atoms. The summed E-state index contributed by atoms with van der Waals surface area (Å²) in [5, 5.41) is 4.56. The van der Waals surface area contributed by atoms with Crippen molar-refractivity contribution in [1.29, 1.82) is 0 Å². The van der Waals surface area contributed by atoms with Gasteiger partial charge in [0.2, 0.25) is 0 Å². The molecule has 0 saturated carbocycles. The molecule has 2 aromatic rings. The third-order valence-corrected chi connectivity index (χ3v) is 5.97. The Bertz CT molecular complexity index is 735. The van der Waals surface area contributed by atoms with Gasteiger partial charge in [-0.1, -0.05) is 24.3 Å². The Balaban J connectivity index is 1.64. The van der Waals surface area contributed by atoms with Crippen LogP contribution in [-0.4, -0.2) is 17.5 Å². The number of hydrogen-bond donors (Lipinski definition) is 1. The maximum Gasteiger partial charge on any atom is 0.258 e. The highest BCUT2D eigenvalue weighted by Crippen LogP contribution is 2.40. The van der Waals surface area contributed by atoms with Crippen molar-refractivity contribution in [1.82, 2.24) is 4.90 Å². The SMILES string of the molecule is Cc1ccccc1CN1CNc2sc3c(c2C1=O)CCCC3. The van der Waals surface area contributed by atoms with Crippen molar-refractivity contribution in [2.45, 2.75) is 39.2 Å². The second-order valence-electron chi connectivity index (χ2n) is 6.18. The Morgan fingerprint density at radius 3 is 2.91 bits per heavy atom. The van der Waals surface area contributed by atoms with E-state index < -0.39 is 0 Å². The van der Waals surface area contributed by atoms with Crippen molar-refractivity contribution >= 4 is 22.2 Å². The van der Waals surface area contributed by atoms with E-state index in [4.69, 9.17) is 0 Å². The second-order valence-corrected chi connectivity index (χ2v) is 7.28. The molecule has 4 heteroatoms. The fourth-order valence-electron chi connectivity index (χ4n) is 3.43. The quantitative estimate of drug-likeness (QED) is 0.910. The standard InChI is InChI=1S/C18H20N2OS/c1-12-6-2-3-7-13(12)10-20-11-19-17-16(18(20)21)14-8-4-5-9-15(14)22-17/h2-3,6-7,19H,4-5,8-11H2,1H3. The van der Waals surface area contributed by atoms with Gasteiger partial charge in [-0.05, 0) is 49.3 Å². The van der Waals surface area contributed by atoms with Crippen LogP contribution in [0.15, 0.2) is 24.3 Å². The first kappa shape index (κ1) is 13.8. The molecule has 2 aliphatic rings. The molecule has 1 aliphatic heterocycles. The summed E-state index contributed by atoms with van der Waals surface area (Å²) in [6, 6.07) is 8.31. The number of rotatable bonds is 2. The van der Waals surface area contributed by atoms with Crippen molar-refractivity contribution < 1.29 is 4.79 Å². The zero-order valence-electron chi connectivity index (χ0n) is 12.8. The van der Waals surface area contributed by atoms with E-state index in [-0.39, 0.29) is 5.91 Å². The second kappa shape index (κ2) is 5.43. The number of fused-ring (bicyclic) bond motifs is 3. The first-order valence-electron chi connectivity index (χ1n) is 7.96. The van der Waals surface area contributed by atoms with Gasteiger partial charge in [-0.2, -0.15) is 0 Å². The van der Waals surface area contributed by atoms with Gasteiger partial charge in [0.1, 0.15) is 5.00 Å². The average Bonchev–Trinajstić information content (AvgIpc) is 2.91. The fraction of sp³-hybridized carbons (Fsp3) is 0.389. The number of hydrogen-bond acceptors (Lipinski definition) is 3. The number of carbonyl (C=O) groups excluding carboxylic acids is 1. The summed E-state index contributed by atoms with van der Waals surface area (Å²) in [4.78, 5) is 16.3. The van der Waals surface area contributed by atoms with Gasteiger partial charge in [0, 0.05) is 11.4 Å². The van der Waals surface area contributed by atoms with Crippen LogP contribution < -0.4 is 5.32 Å². The molecule has 0 saturated heterocycles. The summed E-state index contributed by atoms with van der Waals surface area (Å²) in [5.41, 5.74) is 4.75. The molecule has 1 aliphatic carbocycles. The normalized spacial score (nSPS) is 17.0. The van der Waals surface area contributed by atoms with Gasteiger partial charge in [-0.15, -0.1) is 11.3 Å². The van der Waals surface area contributed by atoms with Crippen LogP contribution in [0.4, 0.5) is 5.00 Å². The maximum atomic E-state index is 13.0. The van der Waals surface area contributed by atoms with Crippen LogP contribution in [-0.2, 0) is 19.4 Å². The van der Waals surface area contributed by atoms with E-state index in [9.17, 15) is 4.79 Å². The highest BCUT2D eigenvalue weighted by atomic mass is 32.1. The van der Waals surface area contributed by atoms with Crippen molar-refractivity contribution in [2.24, 2.45) is 0 Å². The van der Waals surface area contributed by atoms with Crippen LogP contribution in [0.25, 0.3) is 0 Å².